The number of fused-ring (bicyclic) bond motifs is 5. The van der Waals surface area contributed by atoms with Crippen LogP contribution >= 0.6 is 0 Å². The van der Waals surface area contributed by atoms with Crippen LogP contribution in [-0.2, 0) is 4.79 Å². The number of alkyl halides is 4. The number of terminal acetylenes is 1. The molecule has 8 rings (SSSR count). The molecule has 13 heteroatoms. The number of aromatic nitrogens is 2. The molecule has 4 fully saturated rings. The maximum Gasteiger partial charge on any atom is 0.471 e. The average molecular weight is 678 g/mol. The number of benzene rings is 3. The van der Waals surface area contributed by atoms with Crippen molar-refractivity contribution in [3.63, 3.8) is 0 Å². The number of aromatic hydroxyl groups is 1. The highest BCUT2D eigenvalue weighted by molar-refractivity contribution is 6.04. The fourth-order valence-corrected chi connectivity index (χ4v) is 8.59. The summed E-state index contributed by atoms with van der Waals surface area (Å²) < 4.78 is 78.0. The second-order valence-electron chi connectivity index (χ2n) is 13.6. The van der Waals surface area contributed by atoms with E-state index in [4.69, 9.17) is 11.2 Å². The van der Waals surface area contributed by atoms with Crippen molar-refractivity contribution in [3.05, 3.63) is 53.8 Å². The highest BCUT2D eigenvalue weighted by Crippen LogP contribution is 2.43. The molecule has 4 aromatic rings. The van der Waals surface area contributed by atoms with Crippen LogP contribution in [0.25, 0.3) is 32.8 Å². The van der Waals surface area contributed by atoms with Gasteiger partial charge in [0.25, 0.3) is 0 Å². The standard InChI is InChI=1S/C36H32F5N5O3/c1-2-20-5-3-6-21-13-25(47)14-28(29(20)21)26-9-10-27-31(30(26)38)42-34(49-19-35-11-4-12-45(35)16-22(37)15-35)43-32(27)44-17-23-7-8-24(18-44)46(23)33(48)36(39,40)41/h1,3,5-6,9-10,13-14,22-24,47H,4,7-8,11-12,15-19H2/t22-,23?,24?,35+/m1/s1. The molecular weight excluding hydrogens is 645 g/mol. The van der Waals surface area contributed by atoms with Crippen LogP contribution in [0.1, 0.15) is 37.7 Å². The summed E-state index contributed by atoms with van der Waals surface area (Å²) in [6.07, 6.45) is 2.50. The van der Waals surface area contributed by atoms with E-state index in [1.165, 1.54) is 6.07 Å². The van der Waals surface area contributed by atoms with Gasteiger partial charge in [0.1, 0.15) is 29.9 Å². The van der Waals surface area contributed by atoms with Crippen LogP contribution in [-0.4, -0.2) is 93.5 Å². The maximum absolute atomic E-state index is 16.9. The number of hydrogen-bond acceptors (Lipinski definition) is 7. The van der Waals surface area contributed by atoms with Crippen molar-refractivity contribution in [2.45, 2.75) is 62.1 Å². The number of piperazine rings is 1. The van der Waals surface area contributed by atoms with Gasteiger partial charge in [0, 0.05) is 48.0 Å². The summed E-state index contributed by atoms with van der Waals surface area (Å²) in [6.45, 7) is 1.25. The highest BCUT2D eigenvalue weighted by Gasteiger charge is 2.52. The summed E-state index contributed by atoms with van der Waals surface area (Å²) in [5.41, 5.74) is 0.341. The summed E-state index contributed by atoms with van der Waals surface area (Å²) in [5, 5.41) is 12.1. The lowest BCUT2D eigenvalue weighted by atomic mass is 9.93. The number of amides is 1. The van der Waals surface area contributed by atoms with E-state index >= 15 is 4.39 Å². The molecule has 0 aliphatic carbocycles. The van der Waals surface area contributed by atoms with Crippen LogP contribution < -0.4 is 9.64 Å². The van der Waals surface area contributed by atoms with Gasteiger partial charge in [-0.2, -0.15) is 23.1 Å². The second kappa shape index (κ2) is 11.4. The van der Waals surface area contributed by atoms with Crippen molar-refractivity contribution in [1.82, 2.24) is 19.8 Å². The molecule has 4 saturated heterocycles. The zero-order valence-electron chi connectivity index (χ0n) is 26.3. The predicted molar refractivity (Wildman–Crippen MR) is 173 cm³/mol. The minimum Gasteiger partial charge on any atom is -0.508 e. The smallest absolute Gasteiger partial charge is 0.471 e. The van der Waals surface area contributed by atoms with Gasteiger partial charge >= 0.3 is 18.1 Å². The molecule has 4 aliphatic rings. The first kappa shape index (κ1) is 31.6. The Hall–Kier alpha value is -4.70. The number of carbonyl (C=O) groups excluding carboxylic acids is 1. The van der Waals surface area contributed by atoms with Crippen LogP contribution in [0.4, 0.5) is 27.8 Å². The molecule has 49 heavy (non-hydrogen) atoms. The van der Waals surface area contributed by atoms with Gasteiger partial charge < -0.3 is 19.6 Å². The van der Waals surface area contributed by atoms with Crippen LogP contribution in [0.5, 0.6) is 11.8 Å². The maximum atomic E-state index is 16.9. The lowest BCUT2D eigenvalue weighted by Crippen LogP contribution is -2.59. The van der Waals surface area contributed by atoms with E-state index < -0.39 is 41.7 Å². The number of rotatable bonds is 5. The number of anilines is 1. The topological polar surface area (TPSA) is 82.0 Å². The Labute approximate surface area is 278 Å². The number of carbonyl (C=O) groups is 1. The zero-order chi connectivity index (χ0) is 34.2. The average Bonchev–Trinajstić information content (AvgIpc) is 3.68. The molecule has 5 heterocycles. The van der Waals surface area contributed by atoms with E-state index in [1.54, 1.807) is 41.3 Å². The third-order valence-corrected chi connectivity index (χ3v) is 10.7. The Morgan fingerprint density at radius 3 is 2.59 bits per heavy atom. The first-order valence-electron chi connectivity index (χ1n) is 16.3. The van der Waals surface area contributed by atoms with E-state index in [0.717, 1.165) is 24.3 Å². The van der Waals surface area contributed by atoms with Crippen LogP contribution in [0.3, 0.4) is 0 Å². The fraction of sp³-hybridized carbons (Fsp3) is 0.417. The molecule has 4 aliphatic heterocycles. The third kappa shape index (κ3) is 5.19. The molecule has 8 nitrogen and oxygen atoms in total. The van der Waals surface area contributed by atoms with Crippen LogP contribution in [0.2, 0.25) is 0 Å². The number of phenolic OH excluding ortho intramolecular Hbond substituents is 1. The number of hydrogen-bond donors (Lipinski definition) is 1. The molecule has 0 spiro atoms. The Morgan fingerprint density at radius 1 is 1.08 bits per heavy atom. The summed E-state index contributed by atoms with van der Waals surface area (Å²) in [4.78, 5) is 26.3. The number of phenols is 1. The Balaban J connectivity index is 1.24. The molecule has 1 aromatic heterocycles. The molecular formula is C36H32F5N5O3. The highest BCUT2D eigenvalue weighted by atomic mass is 19.4. The van der Waals surface area contributed by atoms with Crippen molar-refractivity contribution in [1.29, 1.82) is 0 Å². The van der Waals surface area contributed by atoms with Gasteiger partial charge in [0.2, 0.25) is 0 Å². The van der Waals surface area contributed by atoms with Gasteiger partial charge in [-0.15, -0.1) is 6.42 Å². The van der Waals surface area contributed by atoms with Gasteiger partial charge in [-0.25, -0.2) is 8.78 Å². The zero-order valence-corrected chi connectivity index (χ0v) is 26.3. The lowest BCUT2D eigenvalue weighted by Gasteiger charge is -2.42. The van der Waals surface area contributed by atoms with Gasteiger partial charge in [-0.05, 0) is 67.4 Å². The van der Waals surface area contributed by atoms with Gasteiger partial charge in [-0.1, -0.05) is 24.1 Å². The Morgan fingerprint density at radius 2 is 1.86 bits per heavy atom. The van der Waals surface area contributed by atoms with Crippen LogP contribution in [0, 0.1) is 18.2 Å². The summed E-state index contributed by atoms with van der Waals surface area (Å²) >= 11 is 0. The number of halogens is 5. The number of nitrogens with zero attached hydrogens (tertiary/aromatic N) is 5. The number of ether oxygens (including phenoxy) is 1. The first-order chi connectivity index (χ1) is 23.5. The van der Waals surface area contributed by atoms with Crippen molar-refractivity contribution >= 4 is 33.4 Å². The summed E-state index contributed by atoms with van der Waals surface area (Å²) in [6, 6.07) is 9.82. The van der Waals surface area contributed by atoms with Gasteiger partial charge in [0.15, 0.2) is 5.82 Å². The molecule has 0 radical (unpaired) electrons. The van der Waals surface area contributed by atoms with E-state index in [2.05, 4.69) is 20.8 Å². The fourth-order valence-electron chi connectivity index (χ4n) is 8.59. The molecule has 1 N–H and O–H groups in total. The minimum absolute atomic E-state index is 0.0528. The molecule has 3 aromatic carbocycles. The second-order valence-corrected chi connectivity index (χ2v) is 13.6. The largest absolute Gasteiger partial charge is 0.508 e. The molecule has 0 saturated carbocycles. The van der Waals surface area contributed by atoms with Gasteiger partial charge in [-0.3, -0.25) is 9.69 Å². The molecule has 2 bridgehead atoms. The first-order valence-corrected chi connectivity index (χ1v) is 16.3. The van der Waals surface area contributed by atoms with E-state index in [0.29, 0.717) is 53.1 Å². The van der Waals surface area contributed by atoms with Crippen molar-refractivity contribution in [3.8, 4) is 35.2 Å². The Bertz CT molecular complexity index is 2040. The lowest BCUT2D eigenvalue weighted by molar-refractivity contribution is -0.188. The minimum atomic E-state index is -4.99. The molecule has 4 atom stereocenters. The SMILES string of the molecule is C#Cc1cccc2cc(O)cc(-c3ccc4c(N5CC6CCC(C5)N6C(=O)C(F)(F)F)nc(OC[C@@]56CCCN5C[C@H](F)C6)nc4c3F)c12. The quantitative estimate of drug-likeness (QED) is 0.206. The van der Waals surface area contributed by atoms with E-state index in [-0.39, 0.29) is 48.4 Å². The Kier molecular flexibility index (Phi) is 7.37. The van der Waals surface area contributed by atoms with Crippen molar-refractivity contribution < 1.29 is 36.6 Å². The van der Waals surface area contributed by atoms with E-state index in [1.807, 2.05) is 0 Å². The molecule has 1 amide bonds. The van der Waals surface area contributed by atoms with Crippen molar-refractivity contribution in [2.75, 3.05) is 37.7 Å². The van der Waals surface area contributed by atoms with E-state index in [9.17, 15) is 27.5 Å². The van der Waals surface area contributed by atoms with Gasteiger partial charge in [0.05, 0.1) is 17.6 Å². The monoisotopic (exact) mass is 677 g/mol. The molecule has 254 valence electrons. The summed E-state index contributed by atoms with van der Waals surface area (Å²) in [5.74, 6) is 0.214. The third-order valence-electron chi connectivity index (χ3n) is 10.7. The summed E-state index contributed by atoms with van der Waals surface area (Å²) in [7, 11) is 0. The predicted octanol–water partition coefficient (Wildman–Crippen LogP) is 5.97. The van der Waals surface area contributed by atoms with Crippen molar-refractivity contribution in [2.24, 2.45) is 0 Å². The molecule has 2 unspecified atom stereocenters. The van der Waals surface area contributed by atoms with Crippen LogP contribution in [0.15, 0.2) is 42.5 Å². The normalized spacial score (nSPS) is 25.3.